The number of nitrogens with two attached hydrogens (primary N) is 1. The maximum Gasteiger partial charge on any atom is 0.472 e. The molecule has 3 N–H and O–H groups in total. The third kappa shape index (κ3) is 32.4. The highest BCUT2D eigenvalue weighted by Crippen LogP contribution is 2.43. The largest absolute Gasteiger partial charge is 0.472 e. The molecule has 270 valence electrons. The van der Waals surface area contributed by atoms with Gasteiger partial charge in [-0.05, 0) is 57.8 Å². The van der Waals surface area contributed by atoms with Crippen molar-refractivity contribution in [1.29, 1.82) is 0 Å². The first-order valence-corrected chi connectivity index (χ1v) is 19.8. The fourth-order valence-corrected chi connectivity index (χ4v) is 5.55. The van der Waals surface area contributed by atoms with E-state index in [2.05, 4.69) is 38.2 Å². The first kappa shape index (κ1) is 44.5. The maximum absolute atomic E-state index is 12.5. The van der Waals surface area contributed by atoms with Crippen LogP contribution in [0, 0.1) is 0 Å². The number of hydrogen-bond donors (Lipinski definition) is 2. The Kier molecular flexibility index (Phi) is 32.3. The van der Waals surface area contributed by atoms with E-state index in [0.717, 1.165) is 77.0 Å². The second kappa shape index (κ2) is 33.4. The van der Waals surface area contributed by atoms with Gasteiger partial charge < -0.3 is 20.1 Å². The summed E-state index contributed by atoms with van der Waals surface area (Å²) in [7, 11) is -4.37. The van der Waals surface area contributed by atoms with Crippen molar-refractivity contribution < 1.29 is 37.6 Å². The van der Waals surface area contributed by atoms with Crippen molar-refractivity contribution in [3.8, 4) is 0 Å². The van der Waals surface area contributed by atoms with E-state index in [0.29, 0.717) is 6.42 Å². The molecule has 2 atom stereocenters. The smallest absolute Gasteiger partial charge is 0.462 e. The minimum atomic E-state index is -4.37. The number of hydrogen-bond acceptors (Lipinski definition) is 8. The number of allylic oxidation sites excluding steroid dienone is 4. The number of unbranched alkanes of at least 4 members (excludes halogenated alkanes) is 17. The third-order valence-electron chi connectivity index (χ3n) is 7.56. The average molecular weight is 674 g/mol. The van der Waals surface area contributed by atoms with E-state index in [-0.39, 0.29) is 32.6 Å². The van der Waals surface area contributed by atoms with Gasteiger partial charge in [0.1, 0.15) is 6.61 Å². The summed E-state index contributed by atoms with van der Waals surface area (Å²) in [6, 6.07) is 0. The SMILES string of the molecule is CCCC/C=C\CCCCCCCC(=O)O[C@H](COC(=O)CCCCCCC/C=C\CCCCCCC)COP(=O)(O)OCCN. The molecule has 0 spiro atoms. The average Bonchev–Trinajstić information content (AvgIpc) is 3.04. The fraction of sp³-hybridized carbons (Fsp3) is 0.833. The zero-order valence-corrected chi connectivity index (χ0v) is 30.2. The van der Waals surface area contributed by atoms with Gasteiger partial charge in [-0.3, -0.25) is 18.6 Å². The van der Waals surface area contributed by atoms with Gasteiger partial charge in [0.15, 0.2) is 6.10 Å². The van der Waals surface area contributed by atoms with Crippen LogP contribution in [-0.4, -0.2) is 49.3 Å². The molecule has 10 heteroatoms. The van der Waals surface area contributed by atoms with Gasteiger partial charge >= 0.3 is 19.8 Å². The number of rotatable bonds is 34. The molecule has 0 fully saturated rings. The number of phosphoric acid groups is 1. The first-order chi connectivity index (χ1) is 22.3. The quantitative estimate of drug-likeness (QED) is 0.0296. The van der Waals surface area contributed by atoms with Crippen molar-refractivity contribution in [2.24, 2.45) is 5.73 Å². The van der Waals surface area contributed by atoms with Crippen LogP contribution in [-0.2, 0) is 32.7 Å². The van der Waals surface area contributed by atoms with E-state index in [1.165, 1.54) is 51.4 Å². The molecular weight excluding hydrogens is 605 g/mol. The lowest BCUT2D eigenvalue weighted by Crippen LogP contribution is -2.29. The molecule has 0 saturated heterocycles. The molecule has 0 aliphatic heterocycles. The Labute approximate surface area is 281 Å². The molecule has 0 aromatic heterocycles. The summed E-state index contributed by atoms with van der Waals surface area (Å²) in [6.45, 7) is 3.64. The van der Waals surface area contributed by atoms with E-state index in [1.54, 1.807) is 0 Å². The summed E-state index contributed by atoms with van der Waals surface area (Å²) in [6.07, 6.45) is 32.1. The molecule has 0 saturated carbocycles. The highest BCUT2D eigenvalue weighted by Gasteiger charge is 2.25. The van der Waals surface area contributed by atoms with Gasteiger partial charge in [0.2, 0.25) is 0 Å². The summed E-state index contributed by atoms with van der Waals surface area (Å²) >= 11 is 0. The van der Waals surface area contributed by atoms with Gasteiger partial charge in [-0.25, -0.2) is 4.57 Å². The second-order valence-electron chi connectivity index (χ2n) is 12.1. The molecule has 0 amide bonds. The molecular formula is C36H68NO8P. The van der Waals surface area contributed by atoms with Crippen LogP contribution in [0.5, 0.6) is 0 Å². The Morgan fingerprint density at radius 2 is 1.09 bits per heavy atom. The second-order valence-corrected chi connectivity index (χ2v) is 13.5. The Morgan fingerprint density at radius 3 is 1.61 bits per heavy atom. The van der Waals surface area contributed by atoms with Crippen molar-refractivity contribution in [2.75, 3.05) is 26.4 Å². The van der Waals surface area contributed by atoms with E-state index >= 15 is 0 Å². The van der Waals surface area contributed by atoms with Crippen molar-refractivity contribution in [3.63, 3.8) is 0 Å². The Hall–Kier alpha value is -1.51. The summed E-state index contributed by atoms with van der Waals surface area (Å²) in [4.78, 5) is 34.6. The van der Waals surface area contributed by atoms with Crippen LogP contribution in [0.2, 0.25) is 0 Å². The predicted octanol–water partition coefficient (Wildman–Crippen LogP) is 9.66. The zero-order chi connectivity index (χ0) is 34.0. The van der Waals surface area contributed by atoms with Crippen LogP contribution in [0.25, 0.3) is 0 Å². The van der Waals surface area contributed by atoms with E-state index in [4.69, 9.17) is 24.3 Å². The lowest BCUT2D eigenvalue weighted by molar-refractivity contribution is -0.161. The molecule has 0 heterocycles. The van der Waals surface area contributed by atoms with Crippen LogP contribution in [0.1, 0.15) is 162 Å². The van der Waals surface area contributed by atoms with Crippen LogP contribution in [0.3, 0.4) is 0 Å². The monoisotopic (exact) mass is 673 g/mol. The zero-order valence-electron chi connectivity index (χ0n) is 29.3. The van der Waals surface area contributed by atoms with Gasteiger partial charge in [-0.1, -0.05) is 115 Å². The first-order valence-electron chi connectivity index (χ1n) is 18.3. The number of phosphoric ester groups is 1. The number of carbonyl (C=O) groups is 2. The van der Waals surface area contributed by atoms with E-state index in [9.17, 15) is 19.0 Å². The lowest BCUT2D eigenvalue weighted by atomic mass is 10.1. The Bertz CT molecular complexity index is 820. The summed E-state index contributed by atoms with van der Waals surface area (Å²) in [5, 5.41) is 0. The highest BCUT2D eigenvalue weighted by molar-refractivity contribution is 7.47. The van der Waals surface area contributed by atoms with Gasteiger partial charge in [0.05, 0.1) is 13.2 Å². The van der Waals surface area contributed by atoms with Crippen molar-refractivity contribution in [2.45, 2.75) is 168 Å². The predicted molar refractivity (Wildman–Crippen MR) is 187 cm³/mol. The molecule has 1 unspecified atom stereocenters. The lowest BCUT2D eigenvalue weighted by Gasteiger charge is -2.19. The topological polar surface area (TPSA) is 134 Å². The molecule has 0 rings (SSSR count). The van der Waals surface area contributed by atoms with Crippen LogP contribution in [0.15, 0.2) is 24.3 Å². The van der Waals surface area contributed by atoms with Gasteiger partial charge in [0, 0.05) is 19.4 Å². The minimum Gasteiger partial charge on any atom is -0.462 e. The maximum atomic E-state index is 12.5. The summed E-state index contributed by atoms with van der Waals surface area (Å²) < 4.78 is 32.6. The summed E-state index contributed by atoms with van der Waals surface area (Å²) in [5.74, 6) is -0.851. The summed E-state index contributed by atoms with van der Waals surface area (Å²) in [5.41, 5.74) is 5.32. The molecule has 0 aromatic carbocycles. The Morgan fingerprint density at radius 1 is 0.630 bits per heavy atom. The van der Waals surface area contributed by atoms with Crippen molar-refractivity contribution in [3.05, 3.63) is 24.3 Å². The highest BCUT2D eigenvalue weighted by atomic mass is 31.2. The van der Waals surface area contributed by atoms with Crippen molar-refractivity contribution >= 4 is 19.8 Å². The molecule has 9 nitrogen and oxygen atoms in total. The van der Waals surface area contributed by atoms with E-state index < -0.39 is 32.5 Å². The van der Waals surface area contributed by atoms with Crippen LogP contribution >= 0.6 is 7.82 Å². The molecule has 0 aromatic rings. The number of ether oxygens (including phenoxy) is 2. The standard InChI is InChI=1S/C36H68NO8P/c1-3-5-7-9-11-13-15-16-17-19-20-22-24-26-28-35(38)42-32-34(33-44-46(40,41)43-31-30-37)45-36(39)29-27-25-23-21-18-14-12-10-8-6-4-2/h10,12,15-16,34H,3-9,11,13-14,17-33,37H2,1-2H3,(H,40,41)/b12-10-,16-15-/t34-/m1/s1. The molecule has 0 radical (unpaired) electrons. The van der Waals surface area contributed by atoms with Crippen molar-refractivity contribution in [1.82, 2.24) is 0 Å². The molecule has 46 heavy (non-hydrogen) atoms. The number of esters is 2. The molecule has 0 bridgehead atoms. The van der Waals surface area contributed by atoms with Crippen LogP contribution in [0.4, 0.5) is 0 Å². The normalized spacial score (nSPS) is 13.7. The van der Waals surface area contributed by atoms with Crippen LogP contribution < -0.4 is 5.73 Å². The number of carbonyl (C=O) groups excluding carboxylic acids is 2. The Balaban J connectivity index is 4.26. The fourth-order valence-electron chi connectivity index (χ4n) is 4.78. The minimum absolute atomic E-state index is 0.0515. The molecule has 0 aliphatic rings. The van der Waals surface area contributed by atoms with Gasteiger partial charge in [-0.15, -0.1) is 0 Å². The van der Waals surface area contributed by atoms with Gasteiger partial charge in [-0.2, -0.15) is 0 Å². The van der Waals surface area contributed by atoms with E-state index in [1.807, 2.05) is 0 Å². The third-order valence-corrected chi connectivity index (χ3v) is 8.54. The molecule has 0 aliphatic carbocycles. The van der Waals surface area contributed by atoms with Gasteiger partial charge in [0.25, 0.3) is 0 Å².